The molecule has 2 saturated heterocycles. The largest absolute Gasteiger partial charge is 0.489 e. The number of benzene rings is 1. The standard InChI is InChI=1S/C22H31ClN2O5/c1-14-18(23)10-17(21-20(14)29-8-3-9-30-21)22(27)24-11-15-5-6-25(13-19(15)26)12-16-4-2-7-28-16/h10,15-16,19,26H,2-9,11-13H2,1H3,(H,24,27). The number of nitrogens with zero attached hydrogens (tertiary/aromatic N) is 1. The van der Waals surface area contributed by atoms with Gasteiger partial charge in [0.2, 0.25) is 0 Å². The van der Waals surface area contributed by atoms with Gasteiger partial charge < -0.3 is 24.6 Å². The first-order chi connectivity index (χ1) is 14.5. The second-order valence-electron chi connectivity index (χ2n) is 8.46. The number of aliphatic hydroxyl groups excluding tert-OH is 1. The lowest BCUT2D eigenvalue weighted by molar-refractivity contribution is -0.00191. The Morgan fingerprint density at radius 3 is 2.77 bits per heavy atom. The van der Waals surface area contributed by atoms with E-state index in [1.165, 1.54) is 0 Å². The van der Waals surface area contributed by atoms with E-state index in [-0.39, 0.29) is 17.9 Å². The Labute approximate surface area is 182 Å². The van der Waals surface area contributed by atoms with Crippen LogP contribution in [0.4, 0.5) is 0 Å². The highest BCUT2D eigenvalue weighted by atomic mass is 35.5. The van der Waals surface area contributed by atoms with Crippen molar-refractivity contribution in [1.82, 2.24) is 10.2 Å². The first kappa shape index (κ1) is 21.7. The summed E-state index contributed by atoms with van der Waals surface area (Å²) in [4.78, 5) is 15.2. The summed E-state index contributed by atoms with van der Waals surface area (Å²) in [7, 11) is 0. The number of piperidine rings is 1. The predicted molar refractivity (Wildman–Crippen MR) is 114 cm³/mol. The summed E-state index contributed by atoms with van der Waals surface area (Å²) >= 11 is 6.33. The minimum atomic E-state index is -0.473. The van der Waals surface area contributed by atoms with Crippen LogP contribution in [0.25, 0.3) is 0 Å². The smallest absolute Gasteiger partial charge is 0.255 e. The molecule has 0 spiro atoms. The number of carbonyl (C=O) groups excluding carboxylic acids is 1. The first-order valence-corrected chi connectivity index (χ1v) is 11.3. The molecule has 1 aromatic rings. The van der Waals surface area contributed by atoms with Crippen molar-refractivity contribution < 1.29 is 24.1 Å². The molecule has 7 nitrogen and oxygen atoms in total. The molecular formula is C22H31ClN2O5. The van der Waals surface area contributed by atoms with Crippen molar-refractivity contribution in [3.05, 3.63) is 22.2 Å². The van der Waals surface area contributed by atoms with Crippen molar-refractivity contribution in [3.63, 3.8) is 0 Å². The summed E-state index contributed by atoms with van der Waals surface area (Å²) in [6, 6.07) is 1.64. The van der Waals surface area contributed by atoms with Gasteiger partial charge in [-0.3, -0.25) is 9.69 Å². The highest BCUT2D eigenvalue weighted by molar-refractivity contribution is 6.32. The molecule has 3 aliphatic heterocycles. The summed E-state index contributed by atoms with van der Waals surface area (Å²) in [5.74, 6) is 0.769. The SMILES string of the molecule is Cc1c(Cl)cc(C(=O)NCC2CCN(CC3CCCO3)CC2O)c2c1OCCCO2. The number of β-amino-alcohol motifs (C(OH)–C–C–N with tert-alkyl or cyclic N) is 1. The van der Waals surface area contributed by atoms with Crippen molar-refractivity contribution in [2.24, 2.45) is 5.92 Å². The summed E-state index contributed by atoms with van der Waals surface area (Å²) in [6.07, 6.45) is 3.62. The number of fused-ring (bicyclic) bond motifs is 1. The van der Waals surface area contributed by atoms with E-state index in [2.05, 4.69) is 10.2 Å². The van der Waals surface area contributed by atoms with Crippen molar-refractivity contribution in [3.8, 4) is 11.5 Å². The number of hydrogen-bond acceptors (Lipinski definition) is 6. The molecule has 1 aromatic carbocycles. The van der Waals surface area contributed by atoms with E-state index in [0.29, 0.717) is 48.4 Å². The number of carbonyl (C=O) groups is 1. The third kappa shape index (κ3) is 4.85. The van der Waals surface area contributed by atoms with E-state index >= 15 is 0 Å². The maximum Gasteiger partial charge on any atom is 0.255 e. The van der Waals surface area contributed by atoms with E-state index in [0.717, 1.165) is 50.9 Å². The number of likely N-dealkylation sites (tertiary alicyclic amines) is 1. The molecule has 8 heteroatoms. The van der Waals surface area contributed by atoms with Crippen LogP contribution >= 0.6 is 11.6 Å². The monoisotopic (exact) mass is 438 g/mol. The zero-order chi connectivity index (χ0) is 21.1. The topological polar surface area (TPSA) is 80.3 Å². The lowest BCUT2D eigenvalue weighted by atomic mass is 9.93. The molecule has 1 amide bonds. The Hall–Kier alpha value is -1.54. The van der Waals surface area contributed by atoms with Gasteiger partial charge in [0.1, 0.15) is 0 Å². The Kier molecular flexibility index (Phi) is 7.03. The molecule has 0 aromatic heterocycles. The van der Waals surface area contributed by atoms with E-state index in [1.54, 1.807) is 6.07 Å². The number of rotatable bonds is 5. The van der Waals surface area contributed by atoms with Gasteiger partial charge in [-0.15, -0.1) is 0 Å². The van der Waals surface area contributed by atoms with Crippen LogP contribution in [0.2, 0.25) is 5.02 Å². The van der Waals surface area contributed by atoms with E-state index in [4.69, 9.17) is 25.8 Å². The fraction of sp³-hybridized carbons (Fsp3) is 0.682. The first-order valence-electron chi connectivity index (χ1n) is 10.9. The van der Waals surface area contributed by atoms with Gasteiger partial charge >= 0.3 is 0 Å². The number of hydrogen-bond donors (Lipinski definition) is 2. The maximum absolute atomic E-state index is 12.9. The van der Waals surface area contributed by atoms with Gasteiger partial charge in [-0.25, -0.2) is 0 Å². The van der Waals surface area contributed by atoms with Gasteiger partial charge in [-0.05, 0) is 38.8 Å². The molecule has 2 N–H and O–H groups in total. The summed E-state index contributed by atoms with van der Waals surface area (Å²) in [6.45, 7) is 6.54. The second-order valence-corrected chi connectivity index (χ2v) is 8.87. The predicted octanol–water partition coefficient (Wildman–Crippen LogP) is 2.40. The molecule has 3 unspecified atom stereocenters. The number of nitrogens with one attached hydrogen (secondary N) is 1. The van der Waals surface area contributed by atoms with E-state index in [9.17, 15) is 9.90 Å². The lowest BCUT2D eigenvalue weighted by Crippen LogP contribution is -2.49. The quantitative estimate of drug-likeness (QED) is 0.734. The van der Waals surface area contributed by atoms with Crippen LogP contribution in [0, 0.1) is 12.8 Å². The van der Waals surface area contributed by atoms with Crippen molar-refractivity contribution >= 4 is 17.5 Å². The summed E-state index contributed by atoms with van der Waals surface area (Å²) in [5, 5.41) is 14.1. The van der Waals surface area contributed by atoms with Crippen molar-refractivity contribution in [2.75, 3.05) is 46.0 Å². The number of halogens is 1. The normalized spacial score (nSPS) is 27.0. The summed E-state index contributed by atoms with van der Waals surface area (Å²) in [5.41, 5.74) is 1.16. The van der Waals surface area contributed by atoms with Crippen LogP contribution in [0.1, 0.15) is 41.6 Å². The fourth-order valence-electron chi connectivity index (χ4n) is 4.44. The Balaban J connectivity index is 1.35. The van der Waals surface area contributed by atoms with Crippen LogP contribution in [-0.2, 0) is 4.74 Å². The van der Waals surface area contributed by atoms with Crippen LogP contribution < -0.4 is 14.8 Å². The number of ether oxygens (including phenoxy) is 3. The molecule has 3 heterocycles. The Bertz CT molecular complexity index is 768. The van der Waals surface area contributed by atoms with Gasteiger partial charge in [0.05, 0.1) is 31.0 Å². The molecule has 0 radical (unpaired) electrons. The zero-order valence-corrected chi connectivity index (χ0v) is 18.2. The highest BCUT2D eigenvalue weighted by Crippen LogP contribution is 2.40. The lowest BCUT2D eigenvalue weighted by Gasteiger charge is -2.37. The summed E-state index contributed by atoms with van der Waals surface area (Å²) < 4.78 is 17.3. The van der Waals surface area contributed by atoms with Crippen LogP contribution in [0.3, 0.4) is 0 Å². The zero-order valence-electron chi connectivity index (χ0n) is 17.5. The molecule has 166 valence electrons. The molecule has 0 bridgehead atoms. The molecule has 0 aliphatic carbocycles. The average Bonchev–Trinajstić information content (AvgIpc) is 3.11. The second kappa shape index (κ2) is 9.73. The van der Waals surface area contributed by atoms with Gasteiger partial charge in [-0.2, -0.15) is 0 Å². The van der Waals surface area contributed by atoms with Crippen LogP contribution in [0.5, 0.6) is 11.5 Å². The van der Waals surface area contributed by atoms with Crippen molar-refractivity contribution in [1.29, 1.82) is 0 Å². The molecule has 4 rings (SSSR count). The van der Waals surface area contributed by atoms with Gasteiger partial charge in [-0.1, -0.05) is 11.6 Å². The third-order valence-corrected chi connectivity index (χ3v) is 6.66. The van der Waals surface area contributed by atoms with E-state index in [1.807, 2.05) is 6.92 Å². The van der Waals surface area contributed by atoms with Crippen molar-refractivity contribution in [2.45, 2.75) is 44.8 Å². The van der Waals surface area contributed by atoms with Gasteiger partial charge in [0.15, 0.2) is 11.5 Å². The Morgan fingerprint density at radius 2 is 2.03 bits per heavy atom. The Morgan fingerprint density at radius 1 is 1.23 bits per heavy atom. The molecule has 0 saturated carbocycles. The molecular weight excluding hydrogens is 408 g/mol. The average molecular weight is 439 g/mol. The van der Waals surface area contributed by atoms with Crippen LogP contribution in [0.15, 0.2) is 6.07 Å². The molecule has 2 fully saturated rings. The third-order valence-electron chi connectivity index (χ3n) is 6.26. The van der Waals surface area contributed by atoms with Crippen LogP contribution in [-0.4, -0.2) is 74.1 Å². The van der Waals surface area contributed by atoms with E-state index < -0.39 is 6.10 Å². The fourth-order valence-corrected chi connectivity index (χ4v) is 4.63. The number of aliphatic hydroxyl groups is 1. The molecule has 3 atom stereocenters. The minimum Gasteiger partial charge on any atom is -0.489 e. The highest BCUT2D eigenvalue weighted by Gasteiger charge is 2.31. The van der Waals surface area contributed by atoms with Gasteiger partial charge in [0, 0.05) is 49.2 Å². The molecule has 3 aliphatic rings. The maximum atomic E-state index is 12.9. The minimum absolute atomic E-state index is 0.0198. The number of amides is 1. The molecule has 30 heavy (non-hydrogen) atoms. The van der Waals surface area contributed by atoms with Gasteiger partial charge in [0.25, 0.3) is 5.91 Å².